The van der Waals surface area contributed by atoms with E-state index in [2.05, 4.69) is 5.10 Å². The highest BCUT2D eigenvalue weighted by Gasteiger charge is 2.60. The molecule has 2 N–H and O–H groups in total. The molecular weight excluding hydrogens is 454 g/mol. The van der Waals surface area contributed by atoms with Gasteiger partial charge in [0.1, 0.15) is 18.0 Å². The van der Waals surface area contributed by atoms with Crippen LogP contribution in [0.1, 0.15) is 41.7 Å². The van der Waals surface area contributed by atoms with Gasteiger partial charge in [-0.2, -0.15) is 5.10 Å². The number of hydrogen-bond donors (Lipinski definition) is 1. The number of alkyl halides is 1. The molecule has 9 heteroatoms. The van der Waals surface area contributed by atoms with Gasteiger partial charge in [-0.1, -0.05) is 30.3 Å². The summed E-state index contributed by atoms with van der Waals surface area (Å²) in [5.74, 6) is -1.88. The third kappa shape index (κ3) is 3.61. The number of hydrogen-bond acceptors (Lipinski definition) is 4. The van der Waals surface area contributed by atoms with Gasteiger partial charge in [0.2, 0.25) is 5.91 Å². The summed E-state index contributed by atoms with van der Waals surface area (Å²) in [6, 6.07) is 12.1. The zero-order valence-electron chi connectivity index (χ0n) is 18.9. The number of nitrogens with two attached hydrogens (primary N) is 1. The summed E-state index contributed by atoms with van der Waals surface area (Å²) in [7, 11) is 0. The lowest BCUT2D eigenvalue weighted by molar-refractivity contribution is -0.139. The molecular formula is C26H24F2N4O3. The molecule has 0 spiro atoms. The fourth-order valence-corrected chi connectivity index (χ4v) is 5.75. The smallest absolute Gasteiger partial charge is 0.269 e. The Morgan fingerprint density at radius 3 is 2.63 bits per heavy atom. The number of Topliss-reactive ketones (excluding diaryl/α,β-unsaturated/α-hetero) is 1. The number of nitrogens with zero attached hydrogens (tertiary/aromatic N) is 3. The highest BCUT2D eigenvalue weighted by atomic mass is 19.1. The zero-order chi connectivity index (χ0) is 24.5. The van der Waals surface area contributed by atoms with E-state index in [1.54, 1.807) is 29.2 Å². The van der Waals surface area contributed by atoms with Crippen LogP contribution in [0.4, 0.5) is 8.78 Å². The number of piperidine rings is 1. The van der Waals surface area contributed by atoms with Gasteiger partial charge in [-0.3, -0.25) is 19.1 Å². The summed E-state index contributed by atoms with van der Waals surface area (Å²) in [4.78, 5) is 40.0. The highest BCUT2D eigenvalue weighted by molar-refractivity contribution is 6.04. The first-order valence-electron chi connectivity index (χ1n) is 11.8. The normalized spacial score (nSPS) is 28.7. The van der Waals surface area contributed by atoms with Crippen LogP contribution < -0.4 is 5.73 Å². The van der Waals surface area contributed by atoms with E-state index < -0.39 is 23.4 Å². The molecule has 180 valence electrons. The fourth-order valence-electron chi connectivity index (χ4n) is 5.75. The van der Waals surface area contributed by atoms with E-state index in [0.29, 0.717) is 23.9 Å². The summed E-state index contributed by atoms with van der Waals surface area (Å²) in [6.45, 7) is -0.205. The number of amides is 2. The monoisotopic (exact) mass is 478 g/mol. The van der Waals surface area contributed by atoms with Gasteiger partial charge in [-0.25, -0.2) is 8.78 Å². The Kier molecular flexibility index (Phi) is 4.81. The third-order valence-corrected chi connectivity index (χ3v) is 7.73. The molecule has 0 radical (unpaired) electrons. The molecule has 35 heavy (non-hydrogen) atoms. The number of fused-ring (bicyclic) bond motifs is 2. The van der Waals surface area contributed by atoms with Gasteiger partial charge in [0, 0.05) is 23.8 Å². The quantitative estimate of drug-likeness (QED) is 0.564. The molecule has 7 nitrogen and oxygen atoms in total. The lowest BCUT2D eigenvalue weighted by Gasteiger charge is -2.27. The molecule has 0 bridgehead atoms. The van der Waals surface area contributed by atoms with E-state index in [0.717, 1.165) is 12.5 Å². The molecule has 3 aromatic rings. The van der Waals surface area contributed by atoms with Crippen molar-refractivity contribution in [3.8, 4) is 0 Å². The van der Waals surface area contributed by atoms with Gasteiger partial charge >= 0.3 is 0 Å². The molecule has 2 heterocycles. The van der Waals surface area contributed by atoms with Crippen LogP contribution >= 0.6 is 0 Å². The number of primary amides is 1. The summed E-state index contributed by atoms with van der Waals surface area (Å²) >= 11 is 0. The van der Waals surface area contributed by atoms with E-state index in [4.69, 9.17) is 5.73 Å². The van der Waals surface area contributed by atoms with E-state index in [1.807, 2.05) is 6.07 Å². The van der Waals surface area contributed by atoms with Crippen molar-refractivity contribution in [2.45, 2.75) is 50.0 Å². The predicted octanol–water partition coefficient (Wildman–Crippen LogP) is 3.11. The van der Waals surface area contributed by atoms with Crippen molar-refractivity contribution in [1.29, 1.82) is 0 Å². The van der Waals surface area contributed by atoms with Crippen LogP contribution in [0.3, 0.4) is 0 Å². The van der Waals surface area contributed by atoms with Gasteiger partial charge < -0.3 is 10.6 Å². The van der Waals surface area contributed by atoms with Crippen LogP contribution in [0, 0.1) is 17.7 Å². The average Bonchev–Trinajstić information content (AvgIpc) is 3.65. The van der Waals surface area contributed by atoms with Crippen molar-refractivity contribution in [2.75, 3.05) is 0 Å². The van der Waals surface area contributed by atoms with Crippen LogP contribution in [-0.4, -0.2) is 44.4 Å². The standard InChI is InChI=1S/C26H24F2N4O3/c27-17-6-7-19-18(11-17)24(25(29)35)30-31(19)13-23(34)32-20-8-14(20)9-21(32)22(33)10-16-12-26(16,28)15-4-2-1-3-5-15/h1-7,11,14,16,20-21H,8-10,12-13H2,(H2,29,35)/t14-,16-,20-,21+,26-/m1/s1. The van der Waals surface area contributed by atoms with Crippen molar-refractivity contribution in [1.82, 2.24) is 14.7 Å². The van der Waals surface area contributed by atoms with Crippen LogP contribution in [-0.2, 0) is 21.8 Å². The summed E-state index contributed by atoms with van der Waals surface area (Å²) in [5.41, 5.74) is 4.80. The van der Waals surface area contributed by atoms with Crippen molar-refractivity contribution >= 4 is 28.5 Å². The Balaban J connectivity index is 1.20. The summed E-state index contributed by atoms with van der Waals surface area (Å²) in [6.07, 6.45) is 1.83. The first kappa shape index (κ1) is 21.9. The number of likely N-dealkylation sites (tertiary alicyclic amines) is 1. The maximum atomic E-state index is 15.3. The van der Waals surface area contributed by atoms with Gasteiger partial charge in [0.05, 0.1) is 11.6 Å². The Bertz CT molecular complexity index is 1370. The maximum Gasteiger partial charge on any atom is 0.269 e. The second kappa shape index (κ2) is 7.69. The molecule has 1 aliphatic heterocycles. The summed E-state index contributed by atoms with van der Waals surface area (Å²) < 4.78 is 30.4. The Hall–Kier alpha value is -3.62. The number of rotatable bonds is 7. The van der Waals surface area contributed by atoms with Gasteiger partial charge in [-0.15, -0.1) is 0 Å². The minimum absolute atomic E-state index is 0.00482. The maximum absolute atomic E-state index is 15.3. The van der Waals surface area contributed by atoms with Gasteiger partial charge in [0.15, 0.2) is 11.5 Å². The van der Waals surface area contributed by atoms with Crippen molar-refractivity contribution in [2.24, 2.45) is 17.6 Å². The van der Waals surface area contributed by atoms with Crippen LogP contribution in [0.2, 0.25) is 0 Å². The first-order valence-corrected chi connectivity index (χ1v) is 11.8. The number of ketones is 1. The highest BCUT2D eigenvalue weighted by Crippen LogP contribution is 2.58. The SMILES string of the molecule is NC(=O)c1nn(CC(=O)N2[C@@H]3C[C@@H]3C[C@H]2C(=O)C[C@@H]2C[C@@]2(F)c2ccccc2)c2ccc(F)cc12. The minimum atomic E-state index is -1.48. The van der Waals surface area contributed by atoms with Gasteiger partial charge in [0.25, 0.3) is 5.91 Å². The van der Waals surface area contributed by atoms with E-state index in [9.17, 15) is 18.8 Å². The van der Waals surface area contributed by atoms with Crippen LogP contribution in [0.25, 0.3) is 10.9 Å². The minimum Gasteiger partial charge on any atom is -0.364 e. The topological polar surface area (TPSA) is 98.3 Å². The zero-order valence-corrected chi connectivity index (χ0v) is 18.9. The average molecular weight is 478 g/mol. The number of benzene rings is 2. The third-order valence-electron chi connectivity index (χ3n) is 7.73. The van der Waals surface area contributed by atoms with Crippen LogP contribution in [0.15, 0.2) is 48.5 Å². The lowest BCUT2D eigenvalue weighted by atomic mass is 9.99. The number of aromatic nitrogens is 2. The molecule has 5 atom stereocenters. The molecule has 2 aliphatic carbocycles. The Labute approximate surface area is 199 Å². The molecule has 2 saturated carbocycles. The number of halogens is 2. The van der Waals surface area contributed by atoms with Gasteiger partial charge in [-0.05, 0) is 48.9 Å². The Morgan fingerprint density at radius 1 is 1.11 bits per heavy atom. The first-order chi connectivity index (χ1) is 16.8. The molecule has 6 rings (SSSR count). The van der Waals surface area contributed by atoms with Crippen molar-refractivity contribution in [3.63, 3.8) is 0 Å². The molecule has 1 aromatic heterocycles. The predicted molar refractivity (Wildman–Crippen MR) is 122 cm³/mol. The van der Waals surface area contributed by atoms with E-state index in [-0.39, 0.29) is 53.6 Å². The number of carbonyl (C=O) groups is 3. The molecule has 2 aromatic carbocycles. The largest absolute Gasteiger partial charge is 0.364 e. The second-order valence-corrected chi connectivity index (χ2v) is 9.95. The van der Waals surface area contributed by atoms with E-state index >= 15 is 4.39 Å². The molecule has 1 saturated heterocycles. The molecule has 0 unspecified atom stereocenters. The fraction of sp³-hybridized carbons (Fsp3) is 0.385. The molecule has 3 aliphatic rings. The molecule has 3 fully saturated rings. The van der Waals surface area contributed by atoms with Crippen molar-refractivity contribution in [3.05, 3.63) is 65.6 Å². The second-order valence-electron chi connectivity index (χ2n) is 9.95. The van der Waals surface area contributed by atoms with E-state index in [1.165, 1.54) is 16.8 Å². The lowest BCUT2D eigenvalue weighted by Crippen LogP contribution is -2.45. The molecule has 2 amide bonds. The Morgan fingerprint density at radius 2 is 1.89 bits per heavy atom. The summed E-state index contributed by atoms with van der Waals surface area (Å²) in [5, 5.41) is 4.39. The number of carbonyl (C=O) groups excluding carboxylic acids is 3. The van der Waals surface area contributed by atoms with Crippen LogP contribution in [0.5, 0.6) is 0 Å². The van der Waals surface area contributed by atoms with Crippen molar-refractivity contribution < 1.29 is 23.2 Å².